The summed E-state index contributed by atoms with van der Waals surface area (Å²) in [6, 6.07) is 5.58. The molecule has 0 radical (unpaired) electrons. The van der Waals surface area contributed by atoms with E-state index in [1.807, 2.05) is 32.9 Å². The van der Waals surface area contributed by atoms with E-state index in [-0.39, 0.29) is 18.5 Å². The Morgan fingerprint density at radius 3 is 2.48 bits per heavy atom. The molecule has 0 bridgehead atoms. The Morgan fingerprint density at radius 2 is 1.87 bits per heavy atom. The van der Waals surface area contributed by atoms with Crippen molar-refractivity contribution in [2.75, 3.05) is 13.2 Å². The highest BCUT2D eigenvalue weighted by atomic mass is 79.9. The molecule has 0 saturated heterocycles. The van der Waals surface area contributed by atoms with Gasteiger partial charge in [0.1, 0.15) is 5.75 Å². The Morgan fingerprint density at radius 1 is 1.13 bits per heavy atom. The van der Waals surface area contributed by atoms with Gasteiger partial charge in [-0.25, -0.2) is 9.48 Å². The molecule has 0 amide bonds. The third-order valence-corrected chi connectivity index (χ3v) is 5.81. The second kappa shape index (κ2) is 9.68. The Labute approximate surface area is 190 Å². The molecule has 1 aromatic carbocycles. The number of esters is 1. The van der Waals surface area contributed by atoms with Crippen LogP contribution in [0.5, 0.6) is 5.75 Å². The first-order valence-electron chi connectivity index (χ1n) is 10.5. The fourth-order valence-electron chi connectivity index (χ4n) is 3.73. The zero-order valence-corrected chi connectivity index (χ0v) is 20.2. The first-order valence-corrected chi connectivity index (χ1v) is 11.3. The number of carbonyl (C=O) groups is 2. The molecule has 0 N–H and O–H groups in total. The monoisotopic (exact) mass is 489 g/mol. The van der Waals surface area contributed by atoms with Gasteiger partial charge in [0.15, 0.2) is 6.61 Å². The molecule has 0 aliphatic heterocycles. The Bertz CT molecular complexity index is 1130. The number of rotatable bonds is 8. The van der Waals surface area contributed by atoms with Crippen LogP contribution in [0.4, 0.5) is 0 Å². The minimum absolute atomic E-state index is 0.170. The van der Waals surface area contributed by atoms with Crippen LogP contribution < -0.4 is 4.74 Å². The lowest BCUT2D eigenvalue weighted by Crippen LogP contribution is -2.21. The summed E-state index contributed by atoms with van der Waals surface area (Å²) in [4.78, 5) is 25.2. The van der Waals surface area contributed by atoms with Gasteiger partial charge in [0.2, 0.25) is 0 Å². The van der Waals surface area contributed by atoms with Crippen LogP contribution >= 0.6 is 15.9 Å². The normalized spacial score (nSPS) is 11.2. The number of aromatic nitrogens is 3. The number of fused-ring (bicyclic) bond motifs is 1. The number of halogens is 1. The van der Waals surface area contributed by atoms with Gasteiger partial charge in [0.25, 0.3) is 5.91 Å². The molecule has 31 heavy (non-hydrogen) atoms. The standard InChI is InChI=1S/C23H28BrN3O4/c1-6-8-9-26-16(5)22(23(29)30-7-2)17-11-20(18(24)12-19(17)26)31-13-21(28)27-15(4)10-14(3)25-27/h10-12H,6-9,13H2,1-5H3. The molecule has 0 aliphatic carbocycles. The maximum absolute atomic E-state index is 12.7. The molecule has 0 saturated carbocycles. The highest BCUT2D eigenvalue weighted by Gasteiger charge is 2.23. The molecule has 0 atom stereocenters. The average Bonchev–Trinajstić information content (AvgIpc) is 3.19. The molecule has 2 aromatic heterocycles. The fraction of sp³-hybridized carbons (Fsp3) is 0.435. The maximum Gasteiger partial charge on any atom is 0.340 e. The van der Waals surface area contributed by atoms with Crippen molar-refractivity contribution in [2.24, 2.45) is 0 Å². The number of hydrogen-bond donors (Lipinski definition) is 0. The van der Waals surface area contributed by atoms with Gasteiger partial charge in [0, 0.05) is 23.3 Å². The van der Waals surface area contributed by atoms with Crippen molar-refractivity contribution in [3.05, 3.63) is 45.3 Å². The molecule has 0 fully saturated rings. The predicted octanol–water partition coefficient (Wildman–Crippen LogP) is 5.22. The average molecular weight is 490 g/mol. The van der Waals surface area contributed by atoms with E-state index < -0.39 is 0 Å². The van der Waals surface area contributed by atoms with E-state index in [0.29, 0.717) is 22.4 Å². The second-order valence-corrected chi connectivity index (χ2v) is 8.36. The van der Waals surface area contributed by atoms with Crippen molar-refractivity contribution in [3.63, 3.8) is 0 Å². The lowest BCUT2D eigenvalue weighted by Gasteiger charge is -2.11. The lowest BCUT2D eigenvalue weighted by molar-refractivity contribution is 0.0527. The smallest absolute Gasteiger partial charge is 0.340 e. The van der Waals surface area contributed by atoms with Gasteiger partial charge >= 0.3 is 5.97 Å². The summed E-state index contributed by atoms with van der Waals surface area (Å²) in [7, 11) is 0. The van der Waals surface area contributed by atoms with E-state index in [0.717, 1.165) is 47.4 Å². The van der Waals surface area contributed by atoms with Gasteiger partial charge < -0.3 is 14.0 Å². The number of unbranched alkanes of at least 4 members (excludes halogenated alkanes) is 1. The minimum atomic E-state index is -0.354. The van der Waals surface area contributed by atoms with Crippen LogP contribution in [-0.4, -0.2) is 39.4 Å². The second-order valence-electron chi connectivity index (χ2n) is 7.51. The van der Waals surface area contributed by atoms with E-state index in [2.05, 4.69) is 32.5 Å². The summed E-state index contributed by atoms with van der Waals surface area (Å²) in [6.07, 6.45) is 2.05. The largest absolute Gasteiger partial charge is 0.482 e. The van der Waals surface area contributed by atoms with Gasteiger partial charge in [-0.3, -0.25) is 4.79 Å². The SMILES string of the molecule is CCCCn1c(C)c(C(=O)OCC)c2cc(OCC(=O)n3nc(C)cc3C)c(Br)cc21. The molecule has 3 rings (SSSR count). The number of benzene rings is 1. The third kappa shape index (κ3) is 4.69. The first-order chi connectivity index (χ1) is 14.8. The zero-order chi connectivity index (χ0) is 22.7. The summed E-state index contributed by atoms with van der Waals surface area (Å²) in [6.45, 7) is 10.5. The van der Waals surface area contributed by atoms with E-state index in [1.165, 1.54) is 4.68 Å². The summed E-state index contributed by atoms with van der Waals surface area (Å²) in [5.74, 6) is -0.132. The van der Waals surface area contributed by atoms with Gasteiger partial charge in [-0.05, 0) is 68.2 Å². The van der Waals surface area contributed by atoms with Crippen molar-refractivity contribution < 1.29 is 19.1 Å². The van der Waals surface area contributed by atoms with Crippen molar-refractivity contribution in [3.8, 4) is 5.75 Å². The number of nitrogens with zero attached hydrogens (tertiary/aromatic N) is 3. The van der Waals surface area contributed by atoms with E-state index in [9.17, 15) is 9.59 Å². The molecule has 2 heterocycles. The molecular weight excluding hydrogens is 462 g/mol. The lowest BCUT2D eigenvalue weighted by atomic mass is 10.1. The Hall–Kier alpha value is -2.61. The molecule has 3 aromatic rings. The van der Waals surface area contributed by atoms with Gasteiger partial charge in [-0.15, -0.1) is 0 Å². The molecule has 8 heteroatoms. The Kier molecular flexibility index (Phi) is 7.20. The molecule has 0 aliphatic rings. The summed E-state index contributed by atoms with van der Waals surface area (Å²) in [5.41, 5.74) is 3.86. The highest BCUT2D eigenvalue weighted by molar-refractivity contribution is 9.10. The molecular formula is C23H28BrN3O4. The fourth-order valence-corrected chi connectivity index (χ4v) is 4.18. The van der Waals surface area contributed by atoms with Crippen LogP contribution in [-0.2, 0) is 11.3 Å². The molecule has 7 nitrogen and oxygen atoms in total. The predicted molar refractivity (Wildman–Crippen MR) is 123 cm³/mol. The van der Waals surface area contributed by atoms with Crippen LogP contribution in [0.1, 0.15) is 58.9 Å². The topological polar surface area (TPSA) is 75.3 Å². The minimum Gasteiger partial charge on any atom is -0.482 e. The number of carbonyl (C=O) groups excluding carboxylic acids is 2. The third-order valence-electron chi connectivity index (χ3n) is 5.19. The maximum atomic E-state index is 12.7. The van der Waals surface area contributed by atoms with Crippen LogP contribution in [0.25, 0.3) is 10.9 Å². The van der Waals surface area contributed by atoms with Crippen molar-refractivity contribution in [2.45, 2.75) is 54.0 Å². The first kappa shape index (κ1) is 23.1. The highest BCUT2D eigenvalue weighted by Crippen LogP contribution is 2.36. The Balaban J connectivity index is 1.98. The van der Waals surface area contributed by atoms with Crippen molar-refractivity contribution in [1.29, 1.82) is 0 Å². The van der Waals surface area contributed by atoms with E-state index in [1.54, 1.807) is 13.0 Å². The van der Waals surface area contributed by atoms with Crippen LogP contribution in [0.2, 0.25) is 0 Å². The summed E-state index contributed by atoms with van der Waals surface area (Å²) in [5, 5.41) is 4.96. The van der Waals surface area contributed by atoms with E-state index in [4.69, 9.17) is 9.47 Å². The molecule has 0 spiro atoms. The van der Waals surface area contributed by atoms with Gasteiger partial charge in [-0.1, -0.05) is 13.3 Å². The van der Waals surface area contributed by atoms with Gasteiger partial charge in [0.05, 0.1) is 27.9 Å². The number of ether oxygens (including phenoxy) is 2. The van der Waals surface area contributed by atoms with Gasteiger partial charge in [-0.2, -0.15) is 5.10 Å². The summed E-state index contributed by atoms with van der Waals surface area (Å²) >= 11 is 3.56. The molecule has 166 valence electrons. The van der Waals surface area contributed by atoms with E-state index >= 15 is 0 Å². The number of aryl methyl sites for hydroxylation is 3. The zero-order valence-electron chi connectivity index (χ0n) is 18.6. The molecule has 0 unspecified atom stereocenters. The van der Waals surface area contributed by atoms with Crippen LogP contribution in [0, 0.1) is 20.8 Å². The number of hydrogen-bond acceptors (Lipinski definition) is 5. The van der Waals surface area contributed by atoms with Crippen molar-refractivity contribution in [1.82, 2.24) is 14.3 Å². The van der Waals surface area contributed by atoms with Crippen LogP contribution in [0.3, 0.4) is 0 Å². The summed E-state index contributed by atoms with van der Waals surface area (Å²) < 4.78 is 15.3. The quantitative estimate of drug-likeness (QED) is 0.405. The van der Waals surface area contributed by atoms with Crippen molar-refractivity contribution >= 4 is 38.7 Å². The van der Waals surface area contributed by atoms with Crippen LogP contribution in [0.15, 0.2) is 22.7 Å².